The lowest BCUT2D eigenvalue weighted by molar-refractivity contribution is -0.119. The van der Waals surface area contributed by atoms with Gasteiger partial charge < -0.3 is 10.1 Å². The van der Waals surface area contributed by atoms with Crippen molar-refractivity contribution in [3.63, 3.8) is 0 Å². The van der Waals surface area contributed by atoms with Crippen LogP contribution in [0.15, 0.2) is 18.2 Å². The Kier molecular flexibility index (Phi) is 6.97. The molecule has 0 aliphatic carbocycles. The van der Waals surface area contributed by atoms with E-state index >= 15 is 0 Å². The number of methoxy groups -OCH3 is 1. The molecule has 2 aromatic heterocycles. The fraction of sp³-hybridized carbons (Fsp3) is 0.500. The maximum Gasteiger partial charge on any atom is 0.337 e. The quantitative estimate of drug-likeness (QED) is 0.398. The van der Waals surface area contributed by atoms with Gasteiger partial charge in [0.2, 0.25) is 5.65 Å². The molecule has 8 heteroatoms. The first-order chi connectivity index (χ1) is 14.4. The highest BCUT2D eigenvalue weighted by Gasteiger charge is 2.15. The lowest BCUT2D eigenvalue weighted by Gasteiger charge is -2.10. The number of Topliss-reactive ketones (excluding diaryl/α,β-unsaturated/α-hetero) is 1. The van der Waals surface area contributed by atoms with E-state index in [1.165, 1.54) is 7.11 Å². The first kappa shape index (κ1) is 21.7. The number of aromatic nitrogens is 4. The van der Waals surface area contributed by atoms with Crippen LogP contribution in [0.2, 0.25) is 0 Å². The largest absolute Gasteiger partial charge is 0.465 e. The summed E-state index contributed by atoms with van der Waals surface area (Å²) in [5, 5.41) is 11.8. The zero-order valence-corrected chi connectivity index (χ0v) is 18.1. The Morgan fingerprint density at radius 3 is 2.70 bits per heavy atom. The number of nitrogens with zero attached hydrogens (tertiary/aromatic N) is 4. The van der Waals surface area contributed by atoms with E-state index in [1.807, 2.05) is 17.4 Å². The lowest BCUT2D eigenvalue weighted by atomic mass is 10.0. The zero-order chi connectivity index (χ0) is 21.7. The number of hydrogen-bond acceptors (Lipinski definition) is 7. The molecule has 0 bridgehead atoms. The summed E-state index contributed by atoms with van der Waals surface area (Å²) in [5.74, 6) is 1.74. The van der Waals surface area contributed by atoms with Crippen molar-refractivity contribution in [1.29, 1.82) is 0 Å². The van der Waals surface area contributed by atoms with E-state index in [4.69, 9.17) is 4.74 Å². The van der Waals surface area contributed by atoms with E-state index in [1.54, 1.807) is 12.1 Å². The third-order valence-corrected chi connectivity index (χ3v) is 4.97. The molecule has 0 saturated carbocycles. The molecular weight excluding hydrogens is 382 g/mol. The number of aryl methyl sites for hydroxylation is 1. The van der Waals surface area contributed by atoms with Crippen molar-refractivity contribution < 1.29 is 14.3 Å². The maximum absolute atomic E-state index is 11.9. The molecule has 0 amide bonds. The number of benzene rings is 1. The second-order valence-electron chi connectivity index (χ2n) is 7.94. The second-order valence-corrected chi connectivity index (χ2v) is 7.94. The summed E-state index contributed by atoms with van der Waals surface area (Å²) in [5.41, 5.74) is 2.59. The molecule has 3 aromatic rings. The minimum atomic E-state index is -0.402. The summed E-state index contributed by atoms with van der Waals surface area (Å²) in [6.45, 7) is 6.74. The molecule has 160 valence electrons. The third-order valence-electron chi connectivity index (χ3n) is 4.97. The van der Waals surface area contributed by atoms with E-state index in [0.717, 1.165) is 37.1 Å². The standard InChI is InChI=1S/C22H29N5O3/c1-14(2)12-17(28)8-6-5-7-11-23-20-21-26-25-15(3)27(21)19-10-9-16(22(29)30-4)13-18(19)24-20/h9-10,13-14H,5-8,11-12H2,1-4H3,(H,23,24). The number of nitrogens with one attached hydrogen (secondary N) is 1. The minimum absolute atomic E-state index is 0.344. The van der Waals surface area contributed by atoms with Gasteiger partial charge >= 0.3 is 5.97 Å². The number of fused-ring (bicyclic) bond motifs is 3. The van der Waals surface area contributed by atoms with Gasteiger partial charge in [0.1, 0.15) is 11.6 Å². The molecular formula is C22H29N5O3. The predicted molar refractivity (Wildman–Crippen MR) is 116 cm³/mol. The van der Waals surface area contributed by atoms with Gasteiger partial charge in [0.15, 0.2) is 5.82 Å². The lowest BCUT2D eigenvalue weighted by Crippen LogP contribution is -2.08. The summed E-state index contributed by atoms with van der Waals surface area (Å²) in [4.78, 5) is 28.4. The number of carbonyl (C=O) groups is 2. The van der Waals surface area contributed by atoms with Gasteiger partial charge in [0, 0.05) is 19.4 Å². The molecule has 1 N–H and O–H groups in total. The predicted octanol–water partition coefficient (Wildman–Crippen LogP) is 3.96. The second kappa shape index (κ2) is 9.65. The molecule has 0 aliphatic heterocycles. The molecule has 0 aliphatic rings. The Morgan fingerprint density at radius 2 is 1.97 bits per heavy atom. The minimum Gasteiger partial charge on any atom is -0.465 e. The molecule has 0 spiro atoms. The van der Waals surface area contributed by atoms with Crippen LogP contribution in [0.5, 0.6) is 0 Å². The van der Waals surface area contributed by atoms with Crippen molar-refractivity contribution in [2.24, 2.45) is 5.92 Å². The van der Waals surface area contributed by atoms with E-state index in [-0.39, 0.29) is 0 Å². The van der Waals surface area contributed by atoms with Crippen molar-refractivity contribution in [2.75, 3.05) is 19.0 Å². The van der Waals surface area contributed by atoms with E-state index in [9.17, 15) is 9.59 Å². The molecule has 0 atom stereocenters. The van der Waals surface area contributed by atoms with Gasteiger partial charge in [-0.2, -0.15) is 0 Å². The maximum atomic E-state index is 11.9. The number of ketones is 1. The molecule has 3 rings (SSSR count). The summed E-state index contributed by atoms with van der Waals surface area (Å²) < 4.78 is 6.74. The average molecular weight is 412 g/mol. The van der Waals surface area contributed by atoms with Crippen LogP contribution < -0.4 is 5.32 Å². The highest BCUT2D eigenvalue weighted by molar-refractivity contribution is 5.94. The highest BCUT2D eigenvalue weighted by atomic mass is 16.5. The number of ether oxygens (including phenoxy) is 1. The zero-order valence-electron chi connectivity index (χ0n) is 18.1. The number of anilines is 1. The monoisotopic (exact) mass is 411 g/mol. The van der Waals surface area contributed by atoms with Crippen molar-refractivity contribution >= 4 is 34.3 Å². The number of rotatable bonds is 10. The van der Waals surface area contributed by atoms with Gasteiger partial charge in [-0.1, -0.05) is 20.3 Å². The van der Waals surface area contributed by atoms with Crippen LogP contribution in [-0.4, -0.2) is 45.0 Å². The Labute approximate surface area is 176 Å². The smallest absolute Gasteiger partial charge is 0.337 e. The summed E-state index contributed by atoms with van der Waals surface area (Å²) in [7, 11) is 1.36. The van der Waals surface area contributed by atoms with Crippen molar-refractivity contribution in [3.8, 4) is 0 Å². The van der Waals surface area contributed by atoms with Gasteiger partial charge in [-0.25, -0.2) is 9.78 Å². The average Bonchev–Trinajstić information content (AvgIpc) is 3.11. The van der Waals surface area contributed by atoms with Gasteiger partial charge in [-0.15, -0.1) is 10.2 Å². The van der Waals surface area contributed by atoms with Crippen LogP contribution in [0.3, 0.4) is 0 Å². The van der Waals surface area contributed by atoms with Crippen LogP contribution >= 0.6 is 0 Å². The normalized spacial score (nSPS) is 11.4. The molecule has 8 nitrogen and oxygen atoms in total. The van der Waals surface area contributed by atoms with E-state index in [2.05, 4.69) is 34.3 Å². The van der Waals surface area contributed by atoms with Crippen LogP contribution in [-0.2, 0) is 9.53 Å². The number of esters is 1. The van der Waals surface area contributed by atoms with Gasteiger partial charge in [0.05, 0.1) is 23.7 Å². The van der Waals surface area contributed by atoms with Gasteiger partial charge in [-0.05, 0) is 43.9 Å². The SMILES string of the molecule is COC(=O)c1ccc2c(c1)nc(NCCCCCC(=O)CC(C)C)c1nnc(C)n12. The molecule has 2 heterocycles. The van der Waals surface area contributed by atoms with Crippen LogP contribution in [0, 0.1) is 12.8 Å². The van der Waals surface area contributed by atoms with E-state index in [0.29, 0.717) is 47.1 Å². The topological polar surface area (TPSA) is 98.5 Å². The number of carbonyl (C=O) groups excluding carboxylic acids is 2. The van der Waals surface area contributed by atoms with Gasteiger partial charge in [-0.3, -0.25) is 9.20 Å². The first-order valence-electron chi connectivity index (χ1n) is 10.4. The van der Waals surface area contributed by atoms with Crippen molar-refractivity contribution in [2.45, 2.75) is 52.9 Å². The number of unbranched alkanes of at least 4 members (excludes halogenated alkanes) is 2. The Hall–Kier alpha value is -3.03. The number of hydrogen-bond donors (Lipinski definition) is 1. The molecule has 30 heavy (non-hydrogen) atoms. The summed E-state index contributed by atoms with van der Waals surface area (Å²) in [6.07, 6.45) is 4.11. The molecule has 0 radical (unpaired) electrons. The fourth-order valence-corrected chi connectivity index (χ4v) is 3.53. The summed E-state index contributed by atoms with van der Waals surface area (Å²) >= 11 is 0. The fourth-order valence-electron chi connectivity index (χ4n) is 3.53. The molecule has 0 unspecified atom stereocenters. The molecule has 1 aromatic carbocycles. The van der Waals surface area contributed by atoms with Crippen LogP contribution in [0.4, 0.5) is 5.82 Å². The van der Waals surface area contributed by atoms with Crippen LogP contribution in [0.25, 0.3) is 16.7 Å². The van der Waals surface area contributed by atoms with Gasteiger partial charge in [0.25, 0.3) is 0 Å². The Balaban J connectivity index is 1.70. The summed E-state index contributed by atoms with van der Waals surface area (Å²) in [6, 6.07) is 5.25. The van der Waals surface area contributed by atoms with E-state index < -0.39 is 5.97 Å². The van der Waals surface area contributed by atoms with Crippen molar-refractivity contribution in [1.82, 2.24) is 19.6 Å². The van der Waals surface area contributed by atoms with Crippen molar-refractivity contribution in [3.05, 3.63) is 29.6 Å². The molecule has 0 fully saturated rings. The Bertz CT molecular complexity index is 1060. The third kappa shape index (κ3) is 4.93. The first-order valence-corrected chi connectivity index (χ1v) is 10.4. The Morgan fingerprint density at radius 1 is 1.17 bits per heavy atom. The molecule has 0 saturated heterocycles. The highest BCUT2D eigenvalue weighted by Crippen LogP contribution is 2.23. The van der Waals surface area contributed by atoms with Crippen LogP contribution in [0.1, 0.15) is 62.1 Å².